The lowest BCUT2D eigenvalue weighted by Gasteiger charge is -2.40. The Kier molecular flexibility index (Phi) is 13.1. The van der Waals surface area contributed by atoms with Gasteiger partial charge in [0, 0.05) is 78.9 Å². The monoisotopic (exact) mass is 976 g/mol. The van der Waals surface area contributed by atoms with Gasteiger partial charge >= 0.3 is 11.3 Å². The Morgan fingerprint density at radius 3 is 1.62 bits per heavy atom. The molecule has 2 fully saturated rings. The van der Waals surface area contributed by atoms with Gasteiger partial charge in [0.1, 0.15) is 52.1 Å². The summed E-state index contributed by atoms with van der Waals surface area (Å²) >= 11 is 0. The molecule has 71 heavy (non-hydrogen) atoms. The number of aromatic nitrogens is 4. The van der Waals surface area contributed by atoms with Crippen LogP contribution < -0.4 is 35.8 Å². The van der Waals surface area contributed by atoms with Gasteiger partial charge in [-0.25, -0.2) is 37.1 Å². The van der Waals surface area contributed by atoms with Gasteiger partial charge < -0.3 is 53.1 Å². The second-order valence-corrected chi connectivity index (χ2v) is 17.5. The molecule has 17 nitrogen and oxygen atoms in total. The molecule has 0 radical (unpaired) electrons. The number of carbonyl (C=O) groups is 3. The van der Waals surface area contributed by atoms with Crippen LogP contribution in [0.15, 0.2) is 91.5 Å². The fraction of sp³-hybridized carbons (Fsp3) is 0.300. The smallest absolute Gasteiger partial charge is 0.345 e. The third-order valence-electron chi connectivity index (χ3n) is 12.9. The predicted molar refractivity (Wildman–Crippen MR) is 252 cm³/mol. The number of carbonyl (C=O) groups excluding carboxylic acids is 3. The van der Waals surface area contributed by atoms with E-state index in [-0.39, 0.29) is 49.4 Å². The van der Waals surface area contributed by atoms with E-state index in [0.717, 1.165) is 82.8 Å². The van der Waals surface area contributed by atoms with E-state index in [1.807, 2.05) is 0 Å². The van der Waals surface area contributed by atoms with Crippen molar-refractivity contribution in [3.05, 3.63) is 129 Å². The molecule has 0 atom stereocenters. The van der Waals surface area contributed by atoms with Gasteiger partial charge in [-0.15, -0.1) is 0 Å². The number of hydrogen-bond donors (Lipinski definition) is 3. The number of amides is 2. The van der Waals surface area contributed by atoms with Gasteiger partial charge in [-0.1, -0.05) is 0 Å². The number of halogens is 4. The quantitative estimate of drug-likeness (QED) is 0.0920. The molecule has 3 N–H and O–H groups in total. The van der Waals surface area contributed by atoms with Crippen LogP contribution in [0.2, 0.25) is 0 Å². The van der Waals surface area contributed by atoms with E-state index in [1.165, 1.54) is 48.5 Å². The molecule has 0 spiro atoms. The summed E-state index contributed by atoms with van der Waals surface area (Å²) in [5.41, 5.74) is 3.09. The molecule has 366 valence electrons. The maximum Gasteiger partial charge on any atom is 0.345 e. The molecule has 4 aliphatic rings. The topological polar surface area (TPSA) is 209 Å². The number of aromatic amines is 2. The van der Waals surface area contributed by atoms with E-state index < -0.39 is 34.5 Å². The maximum absolute atomic E-state index is 13.8. The number of fused-ring (bicyclic) bond motifs is 8. The van der Waals surface area contributed by atoms with Gasteiger partial charge in [0.15, 0.2) is 13.2 Å². The number of nitrogens with one attached hydrogen (secondary N) is 3. The van der Waals surface area contributed by atoms with Gasteiger partial charge in [0.25, 0.3) is 11.8 Å². The zero-order chi connectivity index (χ0) is 49.3. The predicted octanol–water partition coefficient (Wildman–Crippen LogP) is 6.23. The van der Waals surface area contributed by atoms with Crippen molar-refractivity contribution in [3.63, 3.8) is 0 Å². The van der Waals surface area contributed by atoms with Crippen LogP contribution in [0.25, 0.3) is 43.7 Å². The first-order chi connectivity index (χ1) is 34.4. The zero-order valence-corrected chi connectivity index (χ0v) is 37.8. The number of hydrogen-bond acceptors (Lipinski definition) is 13. The molecule has 0 aliphatic carbocycles. The van der Waals surface area contributed by atoms with Gasteiger partial charge in [-0.05, 0) is 87.3 Å². The Hall–Kier alpha value is -7.91. The van der Waals surface area contributed by atoms with Crippen molar-refractivity contribution in [1.82, 2.24) is 30.2 Å². The number of likely N-dealkylation sites (tertiary alicyclic amines) is 1. The minimum atomic E-state index is -0.507. The van der Waals surface area contributed by atoms with Crippen LogP contribution in [0, 0.1) is 23.3 Å². The van der Waals surface area contributed by atoms with Gasteiger partial charge in [0.05, 0.1) is 34.2 Å². The standard InChI is InChI=1S/C25H22F2N4O4.C13H8FNO3.C12H14FN3O2/c26-14-1-2-21-18(9-14)23-19(25(33)35-21)11-16(29-23)3-6-30-7-4-17(5-8-30)31-20-10-15(27)12-28-24(20)34-13-22(31)32;14-7-1-2-11-9(5-7)12-10(13(17)18-11)6-8(15-12)3-4-16;13-8-5-10-12(15-6-8)18-7-11(17)16(10)9-1-3-14-4-2-9/h1-2,9-12,17,29H,3-8,13H2;1-2,4-6,15H,3H2;5-6,9,14H,1-4,7H2. The maximum atomic E-state index is 13.8. The fourth-order valence-corrected chi connectivity index (χ4v) is 9.60. The molecule has 10 heterocycles. The number of anilines is 2. The molecule has 8 aromatic rings. The van der Waals surface area contributed by atoms with Crippen molar-refractivity contribution in [1.29, 1.82) is 0 Å². The van der Waals surface area contributed by atoms with Crippen LogP contribution in [0.3, 0.4) is 0 Å². The van der Waals surface area contributed by atoms with Crippen molar-refractivity contribution in [2.24, 2.45) is 0 Å². The van der Waals surface area contributed by atoms with E-state index in [1.54, 1.807) is 21.9 Å². The normalized spacial score (nSPS) is 16.5. The molecule has 2 amide bonds. The van der Waals surface area contributed by atoms with Crippen LogP contribution in [0.1, 0.15) is 37.1 Å². The van der Waals surface area contributed by atoms with Crippen molar-refractivity contribution < 1.29 is 50.3 Å². The zero-order valence-electron chi connectivity index (χ0n) is 37.8. The number of rotatable bonds is 7. The molecule has 2 saturated heterocycles. The van der Waals surface area contributed by atoms with E-state index in [9.17, 15) is 41.5 Å². The summed E-state index contributed by atoms with van der Waals surface area (Å²) in [5, 5.41) is 5.00. The summed E-state index contributed by atoms with van der Waals surface area (Å²) in [6.45, 7) is 3.91. The van der Waals surface area contributed by atoms with Crippen LogP contribution in [0.5, 0.6) is 11.8 Å². The second kappa shape index (κ2) is 19.8. The molecular formula is C50H44F4N8O9. The Labute approximate surface area is 399 Å². The number of ether oxygens (including phenoxy) is 2. The van der Waals surface area contributed by atoms with Gasteiger partial charge in [0.2, 0.25) is 11.8 Å². The lowest BCUT2D eigenvalue weighted by Crippen LogP contribution is -2.51. The molecular weight excluding hydrogens is 933 g/mol. The average Bonchev–Trinajstić information content (AvgIpc) is 4.01. The minimum absolute atomic E-state index is 0.0183. The summed E-state index contributed by atoms with van der Waals surface area (Å²) < 4.78 is 75.1. The first-order valence-corrected chi connectivity index (χ1v) is 23.0. The van der Waals surface area contributed by atoms with E-state index in [2.05, 4.69) is 30.2 Å². The van der Waals surface area contributed by atoms with Crippen molar-refractivity contribution >= 4 is 73.2 Å². The summed E-state index contributed by atoms with van der Waals surface area (Å²) in [6.07, 6.45) is 6.97. The minimum Gasteiger partial charge on any atom is -0.466 e. The first kappa shape index (κ1) is 46.8. The largest absolute Gasteiger partial charge is 0.466 e. The second-order valence-electron chi connectivity index (χ2n) is 17.5. The number of H-pyrrole nitrogens is 2. The van der Waals surface area contributed by atoms with Crippen molar-refractivity contribution in [2.75, 3.05) is 55.7 Å². The number of piperidine rings is 2. The fourth-order valence-electron chi connectivity index (χ4n) is 9.60. The molecule has 6 aromatic heterocycles. The van der Waals surface area contributed by atoms with Crippen LogP contribution >= 0.6 is 0 Å². The Morgan fingerprint density at radius 1 is 0.606 bits per heavy atom. The van der Waals surface area contributed by atoms with Crippen LogP contribution in [-0.2, 0) is 27.2 Å². The SMILES string of the molecule is O=C1COc2ncc(F)cc2N1C1CCN(CCc2cc3c(=O)oc4ccc(F)cc4c3[nH]2)CC1.O=C1COc2ncc(F)cc2N1C1CCNCC1.O=CCc1cc2c(=O)oc3ccc(F)cc3c2[nH]1. The van der Waals surface area contributed by atoms with Gasteiger partial charge in [-0.3, -0.25) is 9.59 Å². The molecule has 0 saturated carbocycles. The number of pyridine rings is 2. The third kappa shape index (κ3) is 9.69. The number of aldehydes is 1. The molecule has 0 unspecified atom stereocenters. The van der Waals surface area contributed by atoms with E-state index in [4.69, 9.17) is 18.3 Å². The lowest BCUT2D eigenvalue weighted by atomic mass is 10.0. The molecule has 4 aliphatic heterocycles. The highest BCUT2D eigenvalue weighted by Gasteiger charge is 2.36. The van der Waals surface area contributed by atoms with Crippen LogP contribution in [0.4, 0.5) is 28.9 Å². The highest BCUT2D eigenvalue weighted by atomic mass is 19.1. The Balaban J connectivity index is 0.000000136. The number of nitrogens with zero attached hydrogens (tertiary/aromatic N) is 5. The first-order valence-electron chi connectivity index (χ1n) is 23.0. The van der Waals surface area contributed by atoms with E-state index in [0.29, 0.717) is 73.1 Å². The molecule has 21 heteroatoms. The third-order valence-corrected chi connectivity index (χ3v) is 12.9. The highest BCUT2D eigenvalue weighted by molar-refractivity contribution is 6.03. The number of benzene rings is 2. The summed E-state index contributed by atoms with van der Waals surface area (Å²) in [6, 6.07) is 14.0. The lowest BCUT2D eigenvalue weighted by molar-refractivity contribution is -0.122. The molecule has 0 bridgehead atoms. The average molecular weight is 977 g/mol. The molecule has 2 aromatic carbocycles. The van der Waals surface area contributed by atoms with Crippen molar-refractivity contribution in [2.45, 2.75) is 50.6 Å². The molecule has 12 rings (SSSR count). The van der Waals surface area contributed by atoms with Gasteiger partial charge in [-0.2, -0.15) is 0 Å². The summed E-state index contributed by atoms with van der Waals surface area (Å²) in [7, 11) is 0. The van der Waals surface area contributed by atoms with Crippen LogP contribution in [-0.4, -0.2) is 101 Å². The van der Waals surface area contributed by atoms with Crippen molar-refractivity contribution in [3.8, 4) is 11.8 Å². The Bertz CT molecular complexity index is 3470. The Morgan fingerprint density at radius 2 is 1.10 bits per heavy atom. The van der Waals surface area contributed by atoms with E-state index >= 15 is 0 Å². The summed E-state index contributed by atoms with van der Waals surface area (Å²) in [4.78, 5) is 78.8. The highest BCUT2D eigenvalue weighted by Crippen LogP contribution is 2.36. The summed E-state index contributed by atoms with van der Waals surface area (Å²) in [5.74, 6) is -1.46.